The zero-order chi connectivity index (χ0) is 17.4. The molecule has 0 fully saturated rings. The van der Waals surface area contributed by atoms with E-state index in [2.05, 4.69) is 4.90 Å². The van der Waals surface area contributed by atoms with Gasteiger partial charge in [0.25, 0.3) is 0 Å². The zero-order valence-electron chi connectivity index (χ0n) is 14.6. The summed E-state index contributed by atoms with van der Waals surface area (Å²) in [7, 11) is 4.03. The third-order valence-corrected chi connectivity index (χ3v) is 4.01. The number of nitrogens with two attached hydrogens (primary N) is 1. The van der Waals surface area contributed by atoms with Gasteiger partial charge in [0.1, 0.15) is 0 Å². The Morgan fingerprint density at radius 3 is 2.12 bits per heavy atom. The lowest BCUT2D eigenvalue weighted by Crippen LogP contribution is -2.37. The molecule has 0 saturated heterocycles. The molecule has 128 valence electrons. The third kappa shape index (κ3) is 5.80. The van der Waals surface area contributed by atoms with Crippen molar-refractivity contribution in [1.29, 1.82) is 0 Å². The lowest BCUT2D eigenvalue weighted by molar-refractivity contribution is -0.132. The molecule has 0 aliphatic carbocycles. The monoisotopic (exact) mass is 325 g/mol. The number of nitrogens with zero attached hydrogens (tertiary/aromatic N) is 2. The summed E-state index contributed by atoms with van der Waals surface area (Å²) in [6.45, 7) is 2.15. The van der Waals surface area contributed by atoms with E-state index in [1.165, 1.54) is 0 Å². The van der Waals surface area contributed by atoms with E-state index in [0.29, 0.717) is 19.5 Å². The van der Waals surface area contributed by atoms with Crippen LogP contribution in [0.1, 0.15) is 23.6 Å². The Hall–Kier alpha value is -2.17. The average molecular weight is 325 g/mol. The van der Waals surface area contributed by atoms with Gasteiger partial charge in [-0.25, -0.2) is 0 Å². The molecule has 2 aromatic carbocycles. The lowest BCUT2D eigenvalue weighted by atomic mass is 10.0. The minimum Gasteiger partial charge on any atom is -0.337 e. The fourth-order valence-corrected chi connectivity index (χ4v) is 2.55. The van der Waals surface area contributed by atoms with Gasteiger partial charge in [0, 0.05) is 32.1 Å². The van der Waals surface area contributed by atoms with Crippen LogP contribution in [0.15, 0.2) is 60.7 Å². The van der Waals surface area contributed by atoms with Crippen molar-refractivity contribution in [2.24, 2.45) is 5.73 Å². The minimum atomic E-state index is -0.267. The second-order valence-corrected chi connectivity index (χ2v) is 6.33. The normalized spacial score (nSPS) is 12.2. The van der Waals surface area contributed by atoms with Crippen LogP contribution in [0.3, 0.4) is 0 Å². The second kappa shape index (κ2) is 9.21. The summed E-state index contributed by atoms with van der Waals surface area (Å²) in [5.41, 5.74) is 8.36. The molecule has 0 aliphatic heterocycles. The van der Waals surface area contributed by atoms with Crippen molar-refractivity contribution in [2.45, 2.75) is 19.0 Å². The fourth-order valence-electron chi connectivity index (χ4n) is 2.55. The van der Waals surface area contributed by atoms with E-state index in [4.69, 9.17) is 5.73 Å². The molecule has 24 heavy (non-hydrogen) atoms. The van der Waals surface area contributed by atoms with Gasteiger partial charge in [-0.2, -0.15) is 0 Å². The quantitative estimate of drug-likeness (QED) is 0.812. The van der Waals surface area contributed by atoms with Gasteiger partial charge in [0.05, 0.1) is 0 Å². The first-order valence-corrected chi connectivity index (χ1v) is 8.33. The Labute approximate surface area is 144 Å². The van der Waals surface area contributed by atoms with E-state index < -0.39 is 0 Å². The van der Waals surface area contributed by atoms with Crippen LogP contribution in [-0.2, 0) is 11.3 Å². The maximum Gasteiger partial charge on any atom is 0.224 e. The molecule has 0 heterocycles. The highest BCUT2D eigenvalue weighted by Gasteiger charge is 2.18. The van der Waals surface area contributed by atoms with Crippen LogP contribution in [-0.4, -0.2) is 42.9 Å². The molecule has 2 rings (SSSR count). The van der Waals surface area contributed by atoms with Gasteiger partial charge >= 0.3 is 0 Å². The van der Waals surface area contributed by atoms with E-state index in [1.54, 1.807) is 0 Å². The van der Waals surface area contributed by atoms with E-state index in [1.807, 2.05) is 79.7 Å². The molecule has 0 spiro atoms. The summed E-state index contributed by atoms with van der Waals surface area (Å²) < 4.78 is 0. The molecule has 0 aliphatic rings. The summed E-state index contributed by atoms with van der Waals surface area (Å²) in [5.74, 6) is 0.0945. The largest absolute Gasteiger partial charge is 0.337 e. The minimum absolute atomic E-state index is 0.0945. The van der Waals surface area contributed by atoms with Gasteiger partial charge in [0.2, 0.25) is 5.91 Å². The van der Waals surface area contributed by atoms with Crippen molar-refractivity contribution in [2.75, 3.05) is 27.2 Å². The Bertz CT molecular complexity index is 613. The van der Waals surface area contributed by atoms with Crippen molar-refractivity contribution < 1.29 is 4.79 Å². The Morgan fingerprint density at radius 2 is 1.54 bits per heavy atom. The van der Waals surface area contributed by atoms with Crippen LogP contribution in [0.25, 0.3) is 0 Å². The van der Waals surface area contributed by atoms with Crippen LogP contribution >= 0.6 is 0 Å². The van der Waals surface area contributed by atoms with Crippen LogP contribution in [0.2, 0.25) is 0 Å². The molecule has 2 aromatic rings. The summed E-state index contributed by atoms with van der Waals surface area (Å²) >= 11 is 0. The first kappa shape index (κ1) is 18.2. The maximum absolute atomic E-state index is 12.8. The summed E-state index contributed by atoms with van der Waals surface area (Å²) in [4.78, 5) is 16.8. The summed E-state index contributed by atoms with van der Waals surface area (Å²) in [6, 6.07) is 19.6. The van der Waals surface area contributed by atoms with E-state index >= 15 is 0 Å². The van der Waals surface area contributed by atoms with Crippen LogP contribution in [0, 0.1) is 0 Å². The number of hydrogen-bond acceptors (Lipinski definition) is 3. The second-order valence-electron chi connectivity index (χ2n) is 6.33. The predicted molar refractivity (Wildman–Crippen MR) is 98.4 cm³/mol. The van der Waals surface area contributed by atoms with Crippen LogP contribution in [0.5, 0.6) is 0 Å². The van der Waals surface area contributed by atoms with E-state index in [0.717, 1.165) is 17.7 Å². The number of amides is 1. The molecule has 4 nitrogen and oxygen atoms in total. The number of likely N-dealkylation sites (N-methyl/N-ethyl adjacent to an activating group) is 1. The van der Waals surface area contributed by atoms with Crippen molar-refractivity contribution in [3.05, 3.63) is 71.8 Å². The van der Waals surface area contributed by atoms with Crippen molar-refractivity contribution in [3.63, 3.8) is 0 Å². The molecule has 4 heteroatoms. The number of carbonyl (C=O) groups excluding carboxylic acids is 1. The first-order valence-electron chi connectivity index (χ1n) is 8.33. The number of hydrogen-bond donors (Lipinski definition) is 1. The zero-order valence-corrected chi connectivity index (χ0v) is 14.6. The first-order chi connectivity index (χ1) is 11.6. The van der Waals surface area contributed by atoms with E-state index in [9.17, 15) is 4.79 Å². The highest BCUT2D eigenvalue weighted by molar-refractivity contribution is 5.77. The summed E-state index contributed by atoms with van der Waals surface area (Å²) in [5, 5.41) is 0. The van der Waals surface area contributed by atoms with Crippen LogP contribution < -0.4 is 5.73 Å². The predicted octanol–water partition coefficient (Wildman–Crippen LogP) is 2.67. The van der Waals surface area contributed by atoms with Gasteiger partial charge in [-0.3, -0.25) is 4.79 Å². The van der Waals surface area contributed by atoms with E-state index in [-0.39, 0.29) is 11.9 Å². The molecule has 0 saturated carbocycles. The SMILES string of the molecule is CN(C)CCN(Cc1ccccc1)C(=O)CC(N)c1ccccc1. The van der Waals surface area contributed by atoms with Crippen molar-refractivity contribution in [3.8, 4) is 0 Å². The number of carbonyl (C=O) groups is 1. The Morgan fingerprint density at radius 1 is 0.958 bits per heavy atom. The Balaban J connectivity index is 2.03. The topological polar surface area (TPSA) is 49.6 Å². The molecule has 1 amide bonds. The van der Waals surface area contributed by atoms with Gasteiger partial charge < -0.3 is 15.5 Å². The van der Waals surface area contributed by atoms with Crippen LogP contribution in [0.4, 0.5) is 0 Å². The molecule has 0 aromatic heterocycles. The number of rotatable bonds is 8. The molecular weight excluding hydrogens is 298 g/mol. The molecule has 2 N–H and O–H groups in total. The third-order valence-electron chi connectivity index (χ3n) is 4.01. The van der Waals surface area contributed by atoms with Crippen molar-refractivity contribution in [1.82, 2.24) is 9.80 Å². The van der Waals surface area contributed by atoms with Gasteiger partial charge in [-0.05, 0) is 25.2 Å². The molecular formula is C20H27N3O. The standard InChI is InChI=1S/C20H27N3O/c1-22(2)13-14-23(16-17-9-5-3-6-10-17)20(24)15-19(21)18-11-7-4-8-12-18/h3-12,19H,13-16,21H2,1-2H3. The molecule has 1 atom stereocenters. The fraction of sp³-hybridized carbons (Fsp3) is 0.350. The van der Waals surface area contributed by atoms with Gasteiger partial charge in [-0.15, -0.1) is 0 Å². The van der Waals surface area contributed by atoms with Gasteiger partial charge in [-0.1, -0.05) is 60.7 Å². The number of benzene rings is 2. The Kier molecular flexibility index (Phi) is 6.97. The summed E-state index contributed by atoms with van der Waals surface area (Å²) in [6.07, 6.45) is 0.324. The van der Waals surface area contributed by atoms with Gasteiger partial charge in [0.15, 0.2) is 0 Å². The smallest absolute Gasteiger partial charge is 0.224 e. The highest BCUT2D eigenvalue weighted by Crippen LogP contribution is 2.16. The maximum atomic E-state index is 12.8. The average Bonchev–Trinajstić information content (AvgIpc) is 2.60. The molecule has 0 radical (unpaired) electrons. The lowest BCUT2D eigenvalue weighted by Gasteiger charge is -2.26. The highest BCUT2D eigenvalue weighted by atomic mass is 16.2. The molecule has 1 unspecified atom stereocenters. The molecule has 0 bridgehead atoms. The van der Waals surface area contributed by atoms with Crippen molar-refractivity contribution >= 4 is 5.91 Å².